The lowest BCUT2D eigenvalue weighted by atomic mass is 9.74. The van der Waals surface area contributed by atoms with Gasteiger partial charge in [-0.2, -0.15) is 0 Å². The van der Waals surface area contributed by atoms with Gasteiger partial charge >= 0.3 is 11.9 Å². The minimum absolute atomic E-state index is 0.249. The van der Waals surface area contributed by atoms with E-state index in [0.29, 0.717) is 0 Å². The van der Waals surface area contributed by atoms with Gasteiger partial charge in [0.15, 0.2) is 0 Å². The Bertz CT molecular complexity index is 780. The first kappa shape index (κ1) is 28.2. The van der Waals surface area contributed by atoms with Gasteiger partial charge in [0, 0.05) is 0 Å². The normalized spacial score (nSPS) is 13.5. The third-order valence-corrected chi connectivity index (χ3v) is 5.53. The molecular formula is C28H46O4. The van der Waals surface area contributed by atoms with Crippen molar-refractivity contribution in [3.63, 3.8) is 0 Å². The third-order valence-electron chi connectivity index (χ3n) is 5.53. The molecule has 1 rings (SSSR count). The fourth-order valence-electron chi connectivity index (χ4n) is 4.80. The second-order valence-corrected chi connectivity index (χ2v) is 13.3. The van der Waals surface area contributed by atoms with E-state index in [0.717, 1.165) is 12.0 Å². The molecule has 0 aliphatic carbocycles. The number of carbonyl (C=O) groups excluding carboxylic acids is 2. The summed E-state index contributed by atoms with van der Waals surface area (Å²) >= 11 is 0. The fourth-order valence-corrected chi connectivity index (χ4v) is 4.80. The van der Waals surface area contributed by atoms with Crippen molar-refractivity contribution in [3.8, 4) is 0 Å². The van der Waals surface area contributed by atoms with Crippen molar-refractivity contribution in [2.24, 2.45) is 21.7 Å². The average Bonchev–Trinajstić information content (AvgIpc) is 2.59. The highest BCUT2D eigenvalue weighted by atomic mass is 16.6. The van der Waals surface area contributed by atoms with Gasteiger partial charge in [-0.25, -0.2) is 9.59 Å². The molecule has 0 radical (unpaired) electrons. The monoisotopic (exact) mass is 446 g/mol. The number of carbonyl (C=O) groups is 2. The summed E-state index contributed by atoms with van der Waals surface area (Å²) in [5.41, 5.74) is 0.505. The molecule has 0 amide bonds. The number of rotatable bonds is 5. The van der Waals surface area contributed by atoms with Crippen LogP contribution >= 0.6 is 0 Å². The molecule has 4 heteroatoms. The van der Waals surface area contributed by atoms with E-state index in [1.165, 1.54) is 0 Å². The van der Waals surface area contributed by atoms with Gasteiger partial charge in [0.25, 0.3) is 0 Å². The highest BCUT2D eigenvalue weighted by Gasteiger charge is 2.41. The van der Waals surface area contributed by atoms with Crippen LogP contribution in [0.2, 0.25) is 0 Å². The summed E-state index contributed by atoms with van der Waals surface area (Å²) in [4.78, 5) is 26.7. The molecule has 32 heavy (non-hydrogen) atoms. The maximum Gasteiger partial charge on any atom is 0.339 e. The summed E-state index contributed by atoms with van der Waals surface area (Å²) in [7, 11) is 0. The van der Waals surface area contributed by atoms with Crippen molar-refractivity contribution >= 4 is 11.9 Å². The minimum Gasteiger partial charge on any atom is -0.458 e. The molecule has 0 unspecified atom stereocenters. The quantitative estimate of drug-likeness (QED) is 0.440. The van der Waals surface area contributed by atoms with E-state index in [4.69, 9.17) is 9.47 Å². The van der Waals surface area contributed by atoms with Crippen LogP contribution in [0.25, 0.3) is 0 Å². The second-order valence-electron chi connectivity index (χ2n) is 13.3. The fraction of sp³-hybridized carbons (Fsp3) is 0.714. The molecule has 0 aliphatic heterocycles. The van der Waals surface area contributed by atoms with E-state index in [1.54, 1.807) is 12.1 Å². The summed E-state index contributed by atoms with van der Waals surface area (Å²) in [6.07, 6.45) is 0.104. The van der Waals surface area contributed by atoms with Crippen LogP contribution in [0.1, 0.15) is 116 Å². The van der Waals surface area contributed by atoms with Crippen LogP contribution < -0.4 is 0 Å². The van der Waals surface area contributed by atoms with Crippen LogP contribution in [0.5, 0.6) is 0 Å². The Labute approximate surface area is 196 Å². The van der Waals surface area contributed by atoms with Crippen molar-refractivity contribution in [1.29, 1.82) is 0 Å². The third kappa shape index (κ3) is 7.35. The molecule has 0 aliphatic rings. The van der Waals surface area contributed by atoms with Crippen molar-refractivity contribution in [1.82, 2.24) is 0 Å². The molecule has 0 fully saturated rings. The molecule has 0 heterocycles. The lowest BCUT2D eigenvalue weighted by Crippen LogP contribution is -2.43. The Morgan fingerprint density at radius 3 is 1.31 bits per heavy atom. The lowest BCUT2D eigenvalue weighted by Gasteiger charge is -2.40. The molecule has 0 bridgehead atoms. The molecule has 0 saturated carbocycles. The van der Waals surface area contributed by atoms with Gasteiger partial charge in [0.1, 0.15) is 12.2 Å². The molecule has 182 valence electrons. The van der Waals surface area contributed by atoms with Gasteiger partial charge in [-0.1, -0.05) is 96.1 Å². The van der Waals surface area contributed by atoms with E-state index in [1.807, 2.05) is 13.0 Å². The van der Waals surface area contributed by atoms with Crippen molar-refractivity contribution in [2.75, 3.05) is 0 Å². The highest BCUT2D eigenvalue weighted by molar-refractivity contribution is 6.03. The molecule has 4 nitrogen and oxygen atoms in total. The van der Waals surface area contributed by atoms with Crippen LogP contribution in [-0.2, 0) is 15.9 Å². The first-order chi connectivity index (χ1) is 14.2. The van der Waals surface area contributed by atoms with E-state index in [-0.39, 0.29) is 45.0 Å². The van der Waals surface area contributed by atoms with Crippen LogP contribution in [-0.4, -0.2) is 24.1 Å². The smallest absolute Gasteiger partial charge is 0.339 e. The summed E-state index contributed by atoms with van der Waals surface area (Å²) in [6, 6.07) is 5.34. The second kappa shape index (κ2) is 9.57. The zero-order valence-corrected chi connectivity index (χ0v) is 22.7. The van der Waals surface area contributed by atoms with Gasteiger partial charge in [-0.15, -0.1) is 0 Å². The first-order valence-electron chi connectivity index (χ1n) is 11.7. The Morgan fingerprint density at radius 2 is 1.00 bits per heavy atom. The summed E-state index contributed by atoms with van der Waals surface area (Å²) < 4.78 is 12.1. The number of hydrogen-bond acceptors (Lipinski definition) is 4. The largest absolute Gasteiger partial charge is 0.458 e. The molecule has 0 N–H and O–H groups in total. The van der Waals surface area contributed by atoms with Crippen LogP contribution in [0.3, 0.4) is 0 Å². The van der Waals surface area contributed by atoms with E-state index >= 15 is 0 Å². The van der Waals surface area contributed by atoms with Crippen molar-refractivity contribution in [3.05, 3.63) is 34.9 Å². The van der Waals surface area contributed by atoms with E-state index < -0.39 is 11.9 Å². The molecule has 0 aromatic heterocycles. The standard InChI is InChI=1S/C28H46O4/c1-14-18-15-16-19(21(29)31-23(25(2,3)4)26(5,6)7)20(17-18)22(30)32-24(27(8,9)10)28(11,12)13/h15-17,23-24H,14H2,1-13H3. The van der Waals surface area contributed by atoms with Gasteiger partial charge in [-0.3, -0.25) is 0 Å². The van der Waals surface area contributed by atoms with Crippen LogP contribution in [0, 0.1) is 21.7 Å². The zero-order chi connectivity index (χ0) is 25.3. The minimum atomic E-state index is -0.488. The topological polar surface area (TPSA) is 52.6 Å². The molecular weight excluding hydrogens is 400 g/mol. The zero-order valence-electron chi connectivity index (χ0n) is 22.7. The van der Waals surface area contributed by atoms with Gasteiger partial charge in [0.05, 0.1) is 11.1 Å². The van der Waals surface area contributed by atoms with Crippen LogP contribution in [0.4, 0.5) is 0 Å². The highest BCUT2D eigenvalue weighted by Crippen LogP contribution is 2.38. The van der Waals surface area contributed by atoms with Crippen molar-refractivity contribution in [2.45, 2.75) is 109 Å². The number of ether oxygens (including phenoxy) is 2. The van der Waals surface area contributed by atoms with Gasteiger partial charge in [0.2, 0.25) is 0 Å². The number of hydrogen-bond donors (Lipinski definition) is 0. The Balaban J connectivity index is 3.43. The molecule has 1 aromatic rings. The average molecular weight is 447 g/mol. The maximum atomic E-state index is 13.4. The first-order valence-corrected chi connectivity index (χ1v) is 11.7. The van der Waals surface area contributed by atoms with Crippen LogP contribution in [0.15, 0.2) is 18.2 Å². The molecule has 1 aromatic carbocycles. The Morgan fingerprint density at radius 1 is 0.656 bits per heavy atom. The summed E-state index contributed by atoms with van der Waals surface area (Å²) in [5, 5.41) is 0. The van der Waals surface area contributed by atoms with Gasteiger partial charge < -0.3 is 9.47 Å². The number of aryl methyl sites for hydroxylation is 1. The predicted octanol–water partition coefficient (Wildman–Crippen LogP) is 7.48. The predicted molar refractivity (Wildman–Crippen MR) is 132 cm³/mol. The van der Waals surface area contributed by atoms with Gasteiger partial charge in [-0.05, 0) is 45.8 Å². The van der Waals surface area contributed by atoms with E-state index in [9.17, 15) is 9.59 Å². The van der Waals surface area contributed by atoms with E-state index in [2.05, 4.69) is 83.1 Å². The van der Waals surface area contributed by atoms with Crippen molar-refractivity contribution < 1.29 is 19.1 Å². The molecule has 0 saturated heterocycles. The Kier molecular flexibility index (Phi) is 8.43. The Hall–Kier alpha value is -1.84. The maximum absolute atomic E-state index is 13.4. The number of benzene rings is 1. The molecule has 0 spiro atoms. The summed E-state index contributed by atoms with van der Waals surface area (Å²) in [5.74, 6) is -0.970. The lowest BCUT2D eigenvalue weighted by molar-refractivity contribution is -0.0542. The molecule has 0 atom stereocenters. The summed E-state index contributed by atoms with van der Waals surface area (Å²) in [6.45, 7) is 26.7. The SMILES string of the molecule is CCc1ccc(C(=O)OC(C(C)(C)C)C(C)(C)C)c(C(=O)OC(C(C)(C)C)C(C)(C)C)c1. The number of esters is 2.